The van der Waals surface area contributed by atoms with Crippen LogP contribution in [0.2, 0.25) is 0 Å². The first-order chi connectivity index (χ1) is 5.79. The highest BCUT2D eigenvalue weighted by molar-refractivity contribution is 5.04. The molecule has 2 N–H and O–H groups in total. The zero-order valence-corrected chi connectivity index (χ0v) is 9.72. The Morgan fingerprint density at radius 1 is 1.31 bits per heavy atom. The molecule has 0 aromatic carbocycles. The molecule has 78 valence electrons. The highest BCUT2D eigenvalue weighted by Crippen LogP contribution is 2.46. The molecule has 0 saturated heterocycles. The van der Waals surface area contributed by atoms with E-state index in [0.29, 0.717) is 17.0 Å². The predicted octanol–water partition coefficient (Wildman–Crippen LogP) is 1.84. The van der Waals surface area contributed by atoms with Gasteiger partial charge in [-0.15, -0.1) is 0 Å². The Morgan fingerprint density at radius 2 is 1.85 bits per heavy atom. The van der Waals surface area contributed by atoms with Gasteiger partial charge in [0.15, 0.2) is 0 Å². The van der Waals surface area contributed by atoms with E-state index in [1.807, 2.05) is 0 Å². The Balaban J connectivity index is 2.90. The summed E-state index contributed by atoms with van der Waals surface area (Å²) in [5.41, 5.74) is 6.65. The van der Waals surface area contributed by atoms with Gasteiger partial charge in [0, 0.05) is 11.6 Å². The highest BCUT2D eigenvalue weighted by atomic mass is 15.2. The smallest absolute Gasteiger partial charge is 0.0267 e. The average molecular weight is 184 g/mol. The second kappa shape index (κ2) is 3.25. The summed E-state index contributed by atoms with van der Waals surface area (Å²) in [5, 5.41) is 0. The van der Waals surface area contributed by atoms with E-state index in [1.165, 1.54) is 12.8 Å². The number of hydrogen-bond donors (Lipinski definition) is 1. The molecule has 0 spiro atoms. The van der Waals surface area contributed by atoms with Crippen LogP contribution in [0.5, 0.6) is 0 Å². The standard InChI is InChI=1S/C11H24N2/c1-10(2,3)11(13(4)5)7-6-9(12)8-11/h9H,6-8,12H2,1-5H3. The molecule has 0 radical (unpaired) electrons. The van der Waals surface area contributed by atoms with Gasteiger partial charge in [0.2, 0.25) is 0 Å². The zero-order valence-electron chi connectivity index (χ0n) is 9.72. The minimum Gasteiger partial charge on any atom is -0.328 e. The van der Waals surface area contributed by atoms with Gasteiger partial charge >= 0.3 is 0 Å². The van der Waals surface area contributed by atoms with Crippen LogP contribution in [0.4, 0.5) is 0 Å². The van der Waals surface area contributed by atoms with Gasteiger partial charge in [-0.2, -0.15) is 0 Å². The fourth-order valence-corrected chi connectivity index (χ4v) is 2.82. The molecule has 1 aliphatic rings. The van der Waals surface area contributed by atoms with E-state index < -0.39 is 0 Å². The summed E-state index contributed by atoms with van der Waals surface area (Å²) in [6, 6.07) is 0.404. The van der Waals surface area contributed by atoms with Crippen LogP contribution in [0, 0.1) is 5.41 Å². The van der Waals surface area contributed by atoms with E-state index >= 15 is 0 Å². The Morgan fingerprint density at radius 3 is 2.00 bits per heavy atom. The molecule has 1 rings (SSSR count). The molecule has 1 aliphatic carbocycles. The van der Waals surface area contributed by atoms with Gasteiger partial charge in [0.1, 0.15) is 0 Å². The lowest BCUT2D eigenvalue weighted by molar-refractivity contribution is 0.0342. The summed E-state index contributed by atoms with van der Waals surface area (Å²) in [5.74, 6) is 0. The maximum atomic E-state index is 6.02. The van der Waals surface area contributed by atoms with Crippen LogP contribution >= 0.6 is 0 Å². The molecule has 0 aromatic heterocycles. The van der Waals surface area contributed by atoms with Gasteiger partial charge in [0.25, 0.3) is 0 Å². The summed E-state index contributed by atoms with van der Waals surface area (Å²) in [6.45, 7) is 6.97. The molecule has 1 fully saturated rings. The molecular weight excluding hydrogens is 160 g/mol. The van der Waals surface area contributed by atoms with E-state index in [0.717, 1.165) is 6.42 Å². The molecule has 0 amide bonds. The molecule has 0 aliphatic heterocycles. The largest absolute Gasteiger partial charge is 0.328 e. The Bertz CT molecular complexity index is 181. The average Bonchev–Trinajstić information content (AvgIpc) is 2.30. The van der Waals surface area contributed by atoms with Crippen molar-refractivity contribution in [2.75, 3.05) is 14.1 Å². The third-order valence-corrected chi connectivity index (χ3v) is 3.78. The van der Waals surface area contributed by atoms with Gasteiger partial charge in [0.05, 0.1) is 0 Å². The number of nitrogens with zero attached hydrogens (tertiary/aromatic N) is 1. The summed E-state index contributed by atoms with van der Waals surface area (Å²) in [6.07, 6.45) is 3.56. The first kappa shape index (κ1) is 11.0. The molecule has 2 unspecified atom stereocenters. The first-order valence-corrected chi connectivity index (χ1v) is 5.22. The Hall–Kier alpha value is -0.0800. The van der Waals surface area contributed by atoms with Crippen molar-refractivity contribution in [3.8, 4) is 0 Å². The summed E-state index contributed by atoms with van der Waals surface area (Å²) >= 11 is 0. The summed E-state index contributed by atoms with van der Waals surface area (Å²) in [4.78, 5) is 2.37. The molecule has 0 heterocycles. The van der Waals surface area contributed by atoms with Crippen molar-refractivity contribution in [2.45, 2.75) is 51.6 Å². The number of rotatable bonds is 1. The van der Waals surface area contributed by atoms with Crippen molar-refractivity contribution < 1.29 is 0 Å². The van der Waals surface area contributed by atoms with Crippen LogP contribution in [0.1, 0.15) is 40.0 Å². The molecule has 0 aromatic rings. The fourth-order valence-electron chi connectivity index (χ4n) is 2.82. The minimum absolute atomic E-state index is 0.312. The lowest BCUT2D eigenvalue weighted by atomic mass is 9.71. The lowest BCUT2D eigenvalue weighted by Gasteiger charge is -2.47. The molecule has 0 bridgehead atoms. The van der Waals surface area contributed by atoms with E-state index in [1.54, 1.807) is 0 Å². The maximum Gasteiger partial charge on any atom is 0.0267 e. The third-order valence-electron chi connectivity index (χ3n) is 3.78. The second-order valence-corrected chi connectivity index (χ2v) is 5.68. The normalized spacial score (nSPS) is 35.8. The van der Waals surface area contributed by atoms with Crippen molar-refractivity contribution in [3.63, 3.8) is 0 Å². The summed E-state index contributed by atoms with van der Waals surface area (Å²) in [7, 11) is 4.37. The Kier molecular flexibility index (Phi) is 2.75. The van der Waals surface area contributed by atoms with Crippen LogP contribution in [-0.2, 0) is 0 Å². The van der Waals surface area contributed by atoms with E-state index in [4.69, 9.17) is 5.73 Å². The van der Waals surface area contributed by atoms with Crippen molar-refractivity contribution in [3.05, 3.63) is 0 Å². The highest BCUT2D eigenvalue weighted by Gasteiger charge is 2.47. The SMILES string of the molecule is CN(C)C1(C(C)(C)C)CCC(N)C1. The third kappa shape index (κ3) is 1.75. The molecule has 2 heteroatoms. The van der Waals surface area contributed by atoms with Crippen LogP contribution in [0.15, 0.2) is 0 Å². The van der Waals surface area contributed by atoms with Crippen LogP contribution < -0.4 is 5.73 Å². The van der Waals surface area contributed by atoms with Crippen LogP contribution in [-0.4, -0.2) is 30.6 Å². The van der Waals surface area contributed by atoms with Gasteiger partial charge in [-0.05, 0) is 38.8 Å². The number of hydrogen-bond acceptors (Lipinski definition) is 2. The van der Waals surface area contributed by atoms with Crippen molar-refractivity contribution >= 4 is 0 Å². The van der Waals surface area contributed by atoms with Crippen LogP contribution in [0.25, 0.3) is 0 Å². The first-order valence-electron chi connectivity index (χ1n) is 5.22. The molecular formula is C11H24N2. The quantitative estimate of drug-likeness (QED) is 0.674. The second-order valence-electron chi connectivity index (χ2n) is 5.68. The number of nitrogens with two attached hydrogens (primary N) is 1. The van der Waals surface area contributed by atoms with Crippen molar-refractivity contribution in [1.29, 1.82) is 0 Å². The Labute approximate surface area is 82.5 Å². The lowest BCUT2D eigenvalue weighted by Crippen LogP contribution is -2.52. The van der Waals surface area contributed by atoms with Crippen molar-refractivity contribution in [2.24, 2.45) is 11.1 Å². The van der Waals surface area contributed by atoms with Gasteiger partial charge in [-0.25, -0.2) is 0 Å². The van der Waals surface area contributed by atoms with E-state index in [2.05, 4.69) is 39.8 Å². The van der Waals surface area contributed by atoms with Gasteiger partial charge < -0.3 is 10.6 Å². The fraction of sp³-hybridized carbons (Fsp3) is 1.00. The van der Waals surface area contributed by atoms with Crippen LogP contribution in [0.3, 0.4) is 0 Å². The molecule has 1 saturated carbocycles. The van der Waals surface area contributed by atoms with E-state index in [9.17, 15) is 0 Å². The van der Waals surface area contributed by atoms with Crippen molar-refractivity contribution in [1.82, 2.24) is 4.90 Å². The zero-order chi connectivity index (χ0) is 10.3. The minimum atomic E-state index is 0.312. The van der Waals surface area contributed by atoms with E-state index in [-0.39, 0.29) is 0 Å². The summed E-state index contributed by atoms with van der Waals surface area (Å²) < 4.78 is 0. The predicted molar refractivity (Wildman–Crippen MR) is 57.7 cm³/mol. The monoisotopic (exact) mass is 184 g/mol. The van der Waals surface area contributed by atoms with Gasteiger partial charge in [-0.3, -0.25) is 0 Å². The molecule has 13 heavy (non-hydrogen) atoms. The molecule has 2 nitrogen and oxygen atoms in total. The van der Waals surface area contributed by atoms with Gasteiger partial charge in [-0.1, -0.05) is 20.8 Å². The topological polar surface area (TPSA) is 29.3 Å². The maximum absolute atomic E-state index is 6.02. The molecule has 2 atom stereocenters.